The number of piperidine rings is 1. The van der Waals surface area contributed by atoms with E-state index in [1.165, 1.54) is 24.8 Å². The number of esters is 1. The number of rotatable bonds is 2. The van der Waals surface area contributed by atoms with Crippen LogP contribution in [0.5, 0.6) is 0 Å². The summed E-state index contributed by atoms with van der Waals surface area (Å²) in [6, 6.07) is 5.31. The molecular weight excluding hydrogens is 282 g/mol. The fourth-order valence-corrected chi connectivity index (χ4v) is 4.68. The minimum absolute atomic E-state index is 0. The Labute approximate surface area is 124 Å². The summed E-state index contributed by atoms with van der Waals surface area (Å²) in [6.07, 6.45) is 3.37. The molecule has 19 heavy (non-hydrogen) atoms. The minimum atomic E-state index is -0.0293. The van der Waals surface area contributed by atoms with Crippen molar-refractivity contribution in [3.63, 3.8) is 0 Å². The van der Waals surface area contributed by atoms with Crippen LogP contribution in [0.4, 0.5) is 0 Å². The molecule has 2 aliphatic rings. The Balaban J connectivity index is 0.00000133. The Bertz CT molecular complexity index is 437. The second kappa shape index (κ2) is 5.81. The van der Waals surface area contributed by atoms with Crippen LogP contribution in [-0.2, 0) is 9.53 Å². The molecule has 1 aromatic rings. The number of likely N-dealkylation sites (N-methyl/N-ethyl adjacent to an activating group) is 1. The summed E-state index contributed by atoms with van der Waals surface area (Å²) in [5.41, 5.74) is 0. The number of carbonyl (C=O) groups excluding carboxylic acids is 1. The van der Waals surface area contributed by atoms with E-state index < -0.39 is 0 Å². The van der Waals surface area contributed by atoms with Crippen molar-refractivity contribution in [2.24, 2.45) is 5.92 Å². The average Bonchev–Trinajstić information content (AvgIpc) is 2.97. The van der Waals surface area contributed by atoms with E-state index in [0.29, 0.717) is 18.0 Å². The Morgan fingerprint density at radius 1 is 1.47 bits per heavy atom. The van der Waals surface area contributed by atoms with E-state index in [0.717, 1.165) is 6.42 Å². The van der Waals surface area contributed by atoms with E-state index in [-0.39, 0.29) is 24.3 Å². The van der Waals surface area contributed by atoms with Crippen molar-refractivity contribution >= 4 is 29.7 Å². The van der Waals surface area contributed by atoms with Crippen LogP contribution in [0.1, 0.15) is 30.1 Å². The average molecular weight is 302 g/mol. The van der Waals surface area contributed by atoms with Crippen LogP contribution < -0.4 is 0 Å². The molecule has 5 heteroatoms. The molecule has 0 unspecified atom stereocenters. The van der Waals surface area contributed by atoms with Crippen molar-refractivity contribution in [3.05, 3.63) is 22.4 Å². The van der Waals surface area contributed by atoms with E-state index in [9.17, 15) is 4.79 Å². The van der Waals surface area contributed by atoms with Crippen molar-refractivity contribution in [2.75, 3.05) is 14.2 Å². The quantitative estimate of drug-likeness (QED) is 0.787. The molecule has 0 saturated carbocycles. The maximum Gasteiger partial charge on any atom is 0.309 e. The Kier molecular flexibility index (Phi) is 4.54. The van der Waals surface area contributed by atoms with E-state index in [1.54, 1.807) is 11.3 Å². The standard InChI is InChI=1S/C14H19NO2S.ClH/c1-15-9-5-6-11(15)13(12-4-3-7-18-12)10(8-9)14(16)17-2;/h3-4,7,9-11,13H,5-6,8H2,1-2H3;1H/t9-,10+,11-,13+;/m1./s1. The van der Waals surface area contributed by atoms with Crippen molar-refractivity contribution in [1.29, 1.82) is 0 Å². The number of nitrogens with zero attached hydrogens (tertiary/aromatic N) is 1. The zero-order valence-corrected chi connectivity index (χ0v) is 12.9. The molecule has 2 fully saturated rings. The molecule has 0 amide bonds. The number of methoxy groups -OCH3 is 1. The third-order valence-electron chi connectivity index (χ3n) is 4.64. The first kappa shape index (κ1) is 14.8. The monoisotopic (exact) mass is 301 g/mol. The van der Waals surface area contributed by atoms with Crippen LogP contribution in [0.15, 0.2) is 17.5 Å². The van der Waals surface area contributed by atoms with E-state index in [1.807, 2.05) is 0 Å². The molecule has 1 aromatic heterocycles. The van der Waals surface area contributed by atoms with E-state index in [2.05, 4.69) is 29.5 Å². The lowest BCUT2D eigenvalue weighted by molar-refractivity contribution is -0.149. The predicted octanol–water partition coefficient (Wildman–Crippen LogP) is 2.91. The highest BCUT2D eigenvalue weighted by Crippen LogP contribution is 2.47. The van der Waals surface area contributed by atoms with Crippen molar-refractivity contribution in [2.45, 2.75) is 37.3 Å². The molecule has 0 spiro atoms. The number of ether oxygens (including phenoxy) is 1. The number of halogens is 1. The van der Waals surface area contributed by atoms with Gasteiger partial charge in [-0.1, -0.05) is 6.07 Å². The Hall–Kier alpha value is -0.580. The Morgan fingerprint density at radius 2 is 2.26 bits per heavy atom. The van der Waals surface area contributed by atoms with Gasteiger partial charge in [-0.05, 0) is 37.8 Å². The predicted molar refractivity (Wildman–Crippen MR) is 79.0 cm³/mol. The minimum Gasteiger partial charge on any atom is -0.469 e. The van der Waals surface area contributed by atoms with Crippen LogP contribution in [0, 0.1) is 5.92 Å². The van der Waals surface area contributed by atoms with Crippen molar-refractivity contribution < 1.29 is 9.53 Å². The fraction of sp³-hybridized carbons (Fsp3) is 0.643. The third kappa shape index (κ3) is 2.41. The molecule has 3 heterocycles. The van der Waals surface area contributed by atoms with Gasteiger partial charge in [-0.3, -0.25) is 9.69 Å². The maximum atomic E-state index is 12.1. The highest BCUT2D eigenvalue weighted by atomic mass is 35.5. The molecule has 0 aliphatic carbocycles. The molecule has 3 rings (SSSR count). The third-order valence-corrected chi connectivity index (χ3v) is 5.62. The largest absolute Gasteiger partial charge is 0.469 e. The molecule has 2 saturated heterocycles. The normalized spacial score (nSPS) is 33.8. The lowest BCUT2D eigenvalue weighted by Crippen LogP contribution is -2.47. The van der Waals surface area contributed by atoms with Crippen molar-refractivity contribution in [3.8, 4) is 0 Å². The van der Waals surface area contributed by atoms with E-state index >= 15 is 0 Å². The van der Waals surface area contributed by atoms with Gasteiger partial charge in [-0.15, -0.1) is 23.7 Å². The molecule has 3 nitrogen and oxygen atoms in total. The van der Waals surface area contributed by atoms with Gasteiger partial charge in [0.1, 0.15) is 0 Å². The molecule has 2 bridgehead atoms. The molecule has 2 aliphatic heterocycles. The highest BCUT2D eigenvalue weighted by molar-refractivity contribution is 7.10. The Morgan fingerprint density at radius 3 is 2.89 bits per heavy atom. The molecule has 4 atom stereocenters. The maximum absolute atomic E-state index is 12.1. The lowest BCUT2D eigenvalue weighted by atomic mass is 9.79. The molecule has 0 N–H and O–H groups in total. The molecule has 0 aromatic carbocycles. The fourth-order valence-electron chi connectivity index (χ4n) is 3.73. The zero-order valence-electron chi connectivity index (χ0n) is 11.2. The second-order valence-electron chi connectivity index (χ2n) is 5.37. The number of thiophene rings is 1. The topological polar surface area (TPSA) is 29.5 Å². The SMILES string of the molecule is COC(=O)[C@H]1C[C@H]2CC[C@H]([C@H]1c1cccs1)N2C.Cl. The van der Waals surface area contributed by atoms with E-state index in [4.69, 9.17) is 4.74 Å². The highest BCUT2D eigenvalue weighted by Gasteiger charge is 2.49. The first-order valence-electron chi connectivity index (χ1n) is 6.55. The van der Waals surface area contributed by atoms with Gasteiger partial charge in [-0.25, -0.2) is 0 Å². The smallest absolute Gasteiger partial charge is 0.309 e. The summed E-state index contributed by atoms with van der Waals surface area (Å²) in [7, 11) is 3.71. The summed E-state index contributed by atoms with van der Waals surface area (Å²) in [6.45, 7) is 0. The first-order valence-corrected chi connectivity index (χ1v) is 7.43. The summed E-state index contributed by atoms with van der Waals surface area (Å²) < 4.78 is 5.02. The van der Waals surface area contributed by atoms with Crippen LogP contribution in [-0.4, -0.2) is 37.1 Å². The summed E-state index contributed by atoms with van der Waals surface area (Å²) in [5.74, 6) is 0.335. The van der Waals surface area contributed by atoms with Crippen molar-refractivity contribution in [1.82, 2.24) is 4.90 Å². The van der Waals surface area contributed by atoms with Crippen LogP contribution in [0.25, 0.3) is 0 Å². The lowest BCUT2D eigenvalue weighted by Gasteiger charge is -2.41. The van der Waals surface area contributed by atoms with Gasteiger partial charge in [0.25, 0.3) is 0 Å². The summed E-state index contributed by atoms with van der Waals surface area (Å²) >= 11 is 1.77. The number of fused-ring (bicyclic) bond motifs is 2. The van der Waals surface area contributed by atoms with Gasteiger partial charge >= 0.3 is 5.97 Å². The zero-order chi connectivity index (χ0) is 12.7. The number of hydrogen-bond acceptors (Lipinski definition) is 4. The van der Waals surface area contributed by atoms with Crippen LogP contribution in [0.3, 0.4) is 0 Å². The van der Waals surface area contributed by atoms with Gasteiger partial charge in [0.05, 0.1) is 13.0 Å². The van der Waals surface area contributed by atoms with Gasteiger partial charge in [0, 0.05) is 22.9 Å². The second-order valence-corrected chi connectivity index (χ2v) is 6.35. The molecule has 0 radical (unpaired) electrons. The number of carbonyl (C=O) groups is 1. The van der Waals surface area contributed by atoms with Crippen LogP contribution >= 0.6 is 23.7 Å². The number of hydrogen-bond donors (Lipinski definition) is 0. The summed E-state index contributed by atoms with van der Waals surface area (Å²) in [5, 5.41) is 2.10. The summed E-state index contributed by atoms with van der Waals surface area (Å²) in [4.78, 5) is 15.9. The molecular formula is C14H20ClNO2S. The van der Waals surface area contributed by atoms with Gasteiger partial charge in [0.2, 0.25) is 0 Å². The molecule has 106 valence electrons. The van der Waals surface area contributed by atoms with Gasteiger partial charge in [-0.2, -0.15) is 0 Å². The van der Waals surface area contributed by atoms with Gasteiger partial charge in [0.15, 0.2) is 0 Å². The van der Waals surface area contributed by atoms with Crippen LogP contribution in [0.2, 0.25) is 0 Å². The van der Waals surface area contributed by atoms with Gasteiger partial charge < -0.3 is 4.74 Å². The first-order chi connectivity index (χ1) is 8.72.